The Bertz CT molecular complexity index is 787. The van der Waals surface area contributed by atoms with E-state index in [1.165, 1.54) is 13.4 Å². The molecule has 0 aromatic heterocycles. The summed E-state index contributed by atoms with van der Waals surface area (Å²) in [6, 6.07) is 7.50. The fourth-order valence-corrected chi connectivity index (χ4v) is 3.36. The van der Waals surface area contributed by atoms with Crippen LogP contribution in [-0.2, 0) is 16.1 Å². The number of benzene rings is 1. The molecule has 2 aliphatic rings. The fraction of sp³-hybridized carbons (Fsp3) is 0.444. The van der Waals surface area contributed by atoms with E-state index in [0.29, 0.717) is 6.54 Å². The number of aliphatic imine (C=N–C) groups is 2. The van der Waals surface area contributed by atoms with Gasteiger partial charge in [-0.05, 0) is 18.4 Å². The van der Waals surface area contributed by atoms with E-state index in [9.17, 15) is 18.4 Å². The number of alkyl halides is 2. The van der Waals surface area contributed by atoms with Crippen molar-refractivity contribution < 1.29 is 19.8 Å². The SMILES string of the molecule is CN1C(=O)[C@@H](NC(=O)C(N)=NC=NCc2ccccc2)CCC2C1C2(F)F.[HH]. The number of hydrogen-bond acceptors (Lipinski definition) is 3. The maximum Gasteiger partial charge on any atom is 0.287 e. The van der Waals surface area contributed by atoms with Crippen molar-refractivity contribution in [3.8, 4) is 0 Å². The molecule has 1 aliphatic heterocycles. The molecule has 2 fully saturated rings. The van der Waals surface area contributed by atoms with Crippen LogP contribution in [0.25, 0.3) is 0 Å². The molecule has 1 heterocycles. The van der Waals surface area contributed by atoms with E-state index in [1.54, 1.807) is 0 Å². The van der Waals surface area contributed by atoms with E-state index >= 15 is 0 Å². The molecule has 9 heteroatoms. The summed E-state index contributed by atoms with van der Waals surface area (Å²) in [6.07, 6.45) is 1.48. The zero-order valence-corrected chi connectivity index (χ0v) is 14.8. The monoisotopic (exact) mass is 379 g/mol. The first-order valence-corrected chi connectivity index (χ1v) is 8.63. The van der Waals surface area contributed by atoms with Crippen LogP contribution in [0.5, 0.6) is 0 Å². The number of nitrogens with two attached hydrogens (primary N) is 1. The van der Waals surface area contributed by atoms with Crippen molar-refractivity contribution in [1.29, 1.82) is 0 Å². The van der Waals surface area contributed by atoms with Gasteiger partial charge in [0.15, 0.2) is 5.84 Å². The molecule has 1 aromatic rings. The molecule has 3 N–H and O–H groups in total. The Balaban J connectivity index is 0.00000280. The molecule has 0 radical (unpaired) electrons. The molecule has 1 saturated heterocycles. The van der Waals surface area contributed by atoms with Crippen molar-refractivity contribution >= 4 is 24.0 Å². The lowest BCUT2D eigenvalue weighted by atomic mass is 10.1. The summed E-state index contributed by atoms with van der Waals surface area (Å²) in [5, 5.41) is 2.47. The molecule has 2 unspecified atom stereocenters. The van der Waals surface area contributed by atoms with Crippen LogP contribution in [0.1, 0.15) is 19.8 Å². The summed E-state index contributed by atoms with van der Waals surface area (Å²) in [5.74, 6) is -5.30. The van der Waals surface area contributed by atoms with E-state index in [1.807, 2.05) is 30.3 Å². The summed E-state index contributed by atoms with van der Waals surface area (Å²) in [7, 11) is 1.33. The number of nitrogens with one attached hydrogen (secondary N) is 1. The zero-order chi connectivity index (χ0) is 19.6. The Morgan fingerprint density at radius 1 is 1.41 bits per heavy atom. The van der Waals surface area contributed by atoms with Gasteiger partial charge < -0.3 is 16.0 Å². The number of amidine groups is 1. The lowest BCUT2D eigenvalue weighted by molar-refractivity contribution is -0.135. The predicted molar refractivity (Wildman–Crippen MR) is 98.5 cm³/mol. The van der Waals surface area contributed by atoms with Crippen molar-refractivity contribution in [3.63, 3.8) is 0 Å². The van der Waals surface area contributed by atoms with Gasteiger partial charge in [0, 0.05) is 8.47 Å². The van der Waals surface area contributed by atoms with Crippen LogP contribution in [0, 0.1) is 5.92 Å². The standard InChI is InChI=1S/C18H21F2N5O2.H2/c1-25-14-12(18(14,19)20)7-8-13(17(25)27)24-16(26)15(21)23-10-22-9-11-5-3-2-4-6-11;/h2-6,10,12-14H,7-9H2,1H3,(H,24,26)(H2,21,22,23);1H/t12?,13-,14?;/m0./s1. The molecule has 146 valence electrons. The smallest absolute Gasteiger partial charge is 0.287 e. The quantitative estimate of drug-likeness (QED) is 0.607. The number of hydrogen-bond donors (Lipinski definition) is 2. The summed E-state index contributed by atoms with van der Waals surface area (Å²) >= 11 is 0. The maximum absolute atomic E-state index is 13.6. The van der Waals surface area contributed by atoms with E-state index < -0.39 is 35.7 Å². The number of likely N-dealkylation sites (N-methyl/N-ethyl adjacent to an activating group) is 1. The van der Waals surface area contributed by atoms with Crippen LogP contribution in [0.3, 0.4) is 0 Å². The average molecular weight is 379 g/mol. The third-order valence-corrected chi connectivity index (χ3v) is 4.92. The van der Waals surface area contributed by atoms with Gasteiger partial charge in [-0.2, -0.15) is 0 Å². The highest BCUT2D eigenvalue weighted by Crippen LogP contribution is 2.55. The molecule has 3 atom stereocenters. The van der Waals surface area contributed by atoms with Gasteiger partial charge in [-0.1, -0.05) is 30.3 Å². The maximum atomic E-state index is 13.6. The zero-order valence-electron chi connectivity index (χ0n) is 14.8. The number of nitrogens with zero attached hydrogens (tertiary/aromatic N) is 3. The van der Waals surface area contributed by atoms with Gasteiger partial charge in [0.1, 0.15) is 18.4 Å². The first-order valence-electron chi connectivity index (χ1n) is 8.63. The van der Waals surface area contributed by atoms with Gasteiger partial charge in [-0.3, -0.25) is 14.6 Å². The molecule has 1 saturated carbocycles. The van der Waals surface area contributed by atoms with E-state index in [4.69, 9.17) is 5.73 Å². The minimum absolute atomic E-state index is 0. The van der Waals surface area contributed by atoms with Crippen molar-refractivity contribution in [2.24, 2.45) is 21.6 Å². The summed E-state index contributed by atoms with van der Waals surface area (Å²) in [4.78, 5) is 33.3. The van der Waals surface area contributed by atoms with Crippen LogP contribution in [0.4, 0.5) is 8.78 Å². The molecule has 0 spiro atoms. The number of likely N-dealkylation sites (tertiary alicyclic amines) is 1. The second-order valence-electron chi connectivity index (χ2n) is 6.73. The third-order valence-electron chi connectivity index (χ3n) is 4.92. The van der Waals surface area contributed by atoms with E-state index in [2.05, 4.69) is 15.3 Å². The Labute approximate surface area is 156 Å². The first kappa shape index (κ1) is 18.9. The van der Waals surface area contributed by atoms with Gasteiger partial charge in [-0.15, -0.1) is 0 Å². The summed E-state index contributed by atoms with van der Waals surface area (Å²) in [5.41, 5.74) is 6.59. The van der Waals surface area contributed by atoms with E-state index in [0.717, 1.165) is 10.5 Å². The van der Waals surface area contributed by atoms with Gasteiger partial charge in [0.25, 0.3) is 11.8 Å². The van der Waals surface area contributed by atoms with Crippen LogP contribution in [0.15, 0.2) is 40.3 Å². The molecule has 3 rings (SSSR count). The molecule has 2 amide bonds. The number of fused-ring (bicyclic) bond motifs is 1. The minimum atomic E-state index is -2.84. The number of halogens is 2. The molecule has 0 bridgehead atoms. The van der Waals surface area contributed by atoms with Gasteiger partial charge in [0.2, 0.25) is 5.91 Å². The second kappa shape index (κ2) is 7.42. The molecular formula is C18H23F2N5O2. The minimum Gasteiger partial charge on any atom is -0.379 e. The van der Waals surface area contributed by atoms with E-state index in [-0.39, 0.29) is 20.1 Å². The largest absolute Gasteiger partial charge is 0.379 e. The Morgan fingerprint density at radius 3 is 2.81 bits per heavy atom. The van der Waals surface area contributed by atoms with Crippen molar-refractivity contribution in [2.75, 3.05) is 7.05 Å². The number of carbonyl (C=O) groups excluding carboxylic acids is 2. The molecule has 7 nitrogen and oxygen atoms in total. The summed E-state index contributed by atoms with van der Waals surface area (Å²) in [6.45, 7) is 0.391. The van der Waals surface area contributed by atoms with Gasteiger partial charge in [0.05, 0.1) is 12.5 Å². The number of amides is 2. The number of carbonyl (C=O) groups is 2. The number of rotatable bonds is 4. The Hall–Kier alpha value is -2.84. The van der Waals surface area contributed by atoms with Crippen LogP contribution in [0.2, 0.25) is 0 Å². The lowest BCUT2D eigenvalue weighted by Gasteiger charge is -2.22. The normalized spacial score (nSPS) is 27.2. The predicted octanol–water partition coefficient (Wildman–Crippen LogP) is 1.19. The first-order chi connectivity index (χ1) is 12.8. The van der Waals surface area contributed by atoms with Crippen molar-refractivity contribution in [2.45, 2.75) is 37.4 Å². The van der Waals surface area contributed by atoms with Crippen molar-refractivity contribution in [1.82, 2.24) is 10.2 Å². The third kappa shape index (κ3) is 3.96. The highest BCUT2D eigenvalue weighted by Gasteiger charge is 2.71. The van der Waals surface area contributed by atoms with Crippen molar-refractivity contribution in [3.05, 3.63) is 35.9 Å². The van der Waals surface area contributed by atoms with Crippen LogP contribution < -0.4 is 11.1 Å². The molecular weight excluding hydrogens is 356 g/mol. The average Bonchev–Trinajstić information content (AvgIpc) is 3.24. The Kier molecular flexibility index (Phi) is 5.20. The van der Waals surface area contributed by atoms with Crippen LogP contribution in [-0.4, -0.2) is 53.9 Å². The molecule has 27 heavy (non-hydrogen) atoms. The summed E-state index contributed by atoms with van der Waals surface area (Å²) < 4.78 is 27.2. The topological polar surface area (TPSA) is 100 Å². The van der Waals surface area contributed by atoms with Gasteiger partial charge in [-0.25, -0.2) is 13.8 Å². The fourth-order valence-electron chi connectivity index (χ4n) is 3.36. The Morgan fingerprint density at radius 2 is 2.11 bits per heavy atom. The van der Waals surface area contributed by atoms with Gasteiger partial charge >= 0.3 is 0 Å². The molecule has 1 aliphatic carbocycles. The second-order valence-corrected chi connectivity index (χ2v) is 6.73. The lowest BCUT2D eigenvalue weighted by Crippen LogP contribution is -2.51. The highest BCUT2D eigenvalue weighted by molar-refractivity contribution is 6.38. The van der Waals surface area contributed by atoms with Crippen LogP contribution >= 0.6 is 0 Å². The highest BCUT2D eigenvalue weighted by atomic mass is 19.3. The molecule has 1 aromatic carbocycles.